The molecule has 0 unspecified atom stereocenters. The Bertz CT molecular complexity index is 229. The SMILES string of the molecule is ClCCOCCn1cc(Br)cn1. The van der Waals surface area contributed by atoms with Gasteiger partial charge in [0.25, 0.3) is 0 Å². The predicted octanol–water partition coefficient (Wildman–Crippen LogP) is 1.90. The topological polar surface area (TPSA) is 27.1 Å². The van der Waals surface area contributed by atoms with E-state index >= 15 is 0 Å². The summed E-state index contributed by atoms with van der Waals surface area (Å²) in [5, 5.41) is 4.07. The molecule has 1 aromatic rings. The van der Waals surface area contributed by atoms with E-state index in [1.54, 1.807) is 6.20 Å². The van der Waals surface area contributed by atoms with Gasteiger partial charge in [-0.25, -0.2) is 0 Å². The van der Waals surface area contributed by atoms with Crippen molar-refractivity contribution in [1.82, 2.24) is 9.78 Å². The molecule has 1 aromatic heterocycles. The molecule has 12 heavy (non-hydrogen) atoms. The summed E-state index contributed by atoms with van der Waals surface area (Å²) in [6, 6.07) is 0. The third-order valence-electron chi connectivity index (χ3n) is 1.29. The lowest BCUT2D eigenvalue weighted by Gasteiger charge is -2.01. The number of hydrogen-bond donors (Lipinski definition) is 0. The Morgan fingerprint density at radius 1 is 1.58 bits per heavy atom. The molecular formula is C7H10BrClN2O. The molecule has 0 saturated carbocycles. The highest BCUT2D eigenvalue weighted by Crippen LogP contribution is 2.05. The number of alkyl halides is 1. The van der Waals surface area contributed by atoms with Crippen LogP contribution in [0.5, 0.6) is 0 Å². The van der Waals surface area contributed by atoms with Gasteiger partial charge in [-0.05, 0) is 15.9 Å². The molecule has 0 bridgehead atoms. The fourth-order valence-electron chi connectivity index (χ4n) is 0.775. The molecule has 0 atom stereocenters. The van der Waals surface area contributed by atoms with E-state index in [-0.39, 0.29) is 0 Å². The minimum Gasteiger partial charge on any atom is -0.378 e. The third kappa shape index (κ3) is 3.56. The lowest BCUT2D eigenvalue weighted by Crippen LogP contribution is -2.07. The van der Waals surface area contributed by atoms with E-state index in [2.05, 4.69) is 21.0 Å². The summed E-state index contributed by atoms with van der Waals surface area (Å²) in [5.41, 5.74) is 0. The Kier molecular flexibility index (Phi) is 4.65. The van der Waals surface area contributed by atoms with Crippen molar-refractivity contribution >= 4 is 27.5 Å². The van der Waals surface area contributed by atoms with Crippen LogP contribution in [0.4, 0.5) is 0 Å². The van der Waals surface area contributed by atoms with Crippen LogP contribution >= 0.6 is 27.5 Å². The second kappa shape index (κ2) is 5.56. The Labute approximate surface area is 84.8 Å². The molecule has 5 heteroatoms. The zero-order valence-corrected chi connectivity index (χ0v) is 8.88. The van der Waals surface area contributed by atoms with E-state index in [1.807, 2.05) is 10.9 Å². The van der Waals surface area contributed by atoms with E-state index in [4.69, 9.17) is 16.3 Å². The van der Waals surface area contributed by atoms with Crippen molar-refractivity contribution in [2.75, 3.05) is 19.1 Å². The molecule has 0 N–H and O–H groups in total. The van der Waals surface area contributed by atoms with Crippen LogP contribution in [0.15, 0.2) is 16.9 Å². The second-order valence-corrected chi connectivity index (χ2v) is 3.52. The first-order valence-corrected chi connectivity index (χ1v) is 4.97. The Balaban J connectivity index is 2.15. The van der Waals surface area contributed by atoms with E-state index < -0.39 is 0 Å². The molecule has 0 aliphatic rings. The van der Waals surface area contributed by atoms with Gasteiger partial charge in [-0.3, -0.25) is 4.68 Å². The van der Waals surface area contributed by atoms with Crippen molar-refractivity contribution in [3.05, 3.63) is 16.9 Å². The monoisotopic (exact) mass is 252 g/mol. The van der Waals surface area contributed by atoms with Gasteiger partial charge in [0.05, 0.1) is 30.4 Å². The molecule has 0 aliphatic heterocycles. The predicted molar refractivity (Wildman–Crippen MR) is 51.5 cm³/mol. The molecule has 1 heterocycles. The average molecular weight is 254 g/mol. The van der Waals surface area contributed by atoms with Crippen LogP contribution in [-0.2, 0) is 11.3 Å². The summed E-state index contributed by atoms with van der Waals surface area (Å²) in [4.78, 5) is 0. The van der Waals surface area contributed by atoms with Crippen LogP contribution in [0.2, 0.25) is 0 Å². The van der Waals surface area contributed by atoms with E-state index in [9.17, 15) is 0 Å². The van der Waals surface area contributed by atoms with Crippen LogP contribution in [0.25, 0.3) is 0 Å². The van der Waals surface area contributed by atoms with Gasteiger partial charge in [0, 0.05) is 12.1 Å². The van der Waals surface area contributed by atoms with Crippen molar-refractivity contribution in [1.29, 1.82) is 0 Å². The quantitative estimate of drug-likeness (QED) is 0.592. The molecule has 0 spiro atoms. The first-order valence-electron chi connectivity index (χ1n) is 3.64. The number of ether oxygens (including phenoxy) is 1. The zero-order chi connectivity index (χ0) is 8.81. The Morgan fingerprint density at radius 2 is 2.42 bits per heavy atom. The molecule has 0 fully saturated rings. The molecule has 0 saturated heterocycles. The molecule has 0 amide bonds. The summed E-state index contributed by atoms with van der Waals surface area (Å²) >= 11 is 8.74. The van der Waals surface area contributed by atoms with Crippen molar-refractivity contribution < 1.29 is 4.74 Å². The molecule has 0 aromatic carbocycles. The van der Waals surface area contributed by atoms with E-state index in [0.717, 1.165) is 11.0 Å². The van der Waals surface area contributed by atoms with Crippen molar-refractivity contribution in [2.24, 2.45) is 0 Å². The normalized spacial score (nSPS) is 10.5. The lowest BCUT2D eigenvalue weighted by atomic mass is 10.6. The molecule has 0 radical (unpaired) electrons. The van der Waals surface area contributed by atoms with Gasteiger partial charge < -0.3 is 4.74 Å². The number of halogens is 2. The fourth-order valence-corrected chi connectivity index (χ4v) is 1.21. The van der Waals surface area contributed by atoms with Crippen LogP contribution in [0.3, 0.4) is 0 Å². The highest BCUT2D eigenvalue weighted by molar-refractivity contribution is 9.10. The van der Waals surface area contributed by atoms with Gasteiger partial charge in [0.15, 0.2) is 0 Å². The third-order valence-corrected chi connectivity index (χ3v) is 1.85. The average Bonchev–Trinajstić information content (AvgIpc) is 2.45. The number of hydrogen-bond acceptors (Lipinski definition) is 2. The van der Waals surface area contributed by atoms with Gasteiger partial charge >= 0.3 is 0 Å². The van der Waals surface area contributed by atoms with Crippen molar-refractivity contribution in [3.63, 3.8) is 0 Å². The summed E-state index contributed by atoms with van der Waals surface area (Å²) in [6.07, 6.45) is 3.66. The molecule has 68 valence electrons. The van der Waals surface area contributed by atoms with Gasteiger partial charge in [0.2, 0.25) is 0 Å². The van der Waals surface area contributed by atoms with Crippen LogP contribution in [-0.4, -0.2) is 28.9 Å². The Morgan fingerprint density at radius 3 is 3.00 bits per heavy atom. The highest BCUT2D eigenvalue weighted by Gasteiger charge is 1.93. The molecule has 1 rings (SSSR count). The maximum absolute atomic E-state index is 5.43. The second-order valence-electron chi connectivity index (χ2n) is 2.22. The minimum absolute atomic E-state index is 0.544. The standard InChI is InChI=1S/C7H10BrClN2O/c8-7-5-10-11(6-7)2-4-12-3-1-9/h5-6H,1-4H2. The van der Waals surface area contributed by atoms with Crippen molar-refractivity contribution in [2.45, 2.75) is 6.54 Å². The minimum atomic E-state index is 0.544. The summed E-state index contributed by atoms with van der Waals surface area (Å²) in [5.74, 6) is 0.544. The largest absolute Gasteiger partial charge is 0.378 e. The van der Waals surface area contributed by atoms with E-state index in [1.165, 1.54) is 0 Å². The van der Waals surface area contributed by atoms with Gasteiger partial charge in [-0.1, -0.05) is 0 Å². The number of nitrogens with zero attached hydrogens (tertiary/aromatic N) is 2. The van der Waals surface area contributed by atoms with Gasteiger partial charge in [0.1, 0.15) is 0 Å². The Hall–Kier alpha value is -0.0600. The zero-order valence-electron chi connectivity index (χ0n) is 6.54. The first kappa shape index (κ1) is 10.0. The molecule has 0 aliphatic carbocycles. The molecule has 3 nitrogen and oxygen atoms in total. The summed E-state index contributed by atoms with van der Waals surface area (Å²) in [7, 11) is 0. The van der Waals surface area contributed by atoms with Crippen molar-refractivity contribution in [3.8, 4) is 0 Å². The number of rotatable bonds is 5. The maximum Gasteiger partial charge on any atom is 0.0663 e. The van der Waals surface area contributed by atoms with Crippen LogP contribution in [0, 0.1) is 0 Å². The smallest absolute Gasteiger partial charge is 0.0663 e. The fraction of sp³-hybridized carbons (Fsp3) is 0.571. The molecular weight excluding hydrogens is 243 g/mol. The van der Waals surface area contributed by atoms with Crippen LogP contribution < -0.4 is 0 Å². The van der Waals surface area contributed by atoms with Gasteiger partial charge in [-0.15, -0.1) is 11.6 Å². The van der Waals surface area contributed by atoms with Gasteiger partial charge in [-0.2, -0.15) is 5.10 Å². The van der Waals surface area contributed by atoms with Crippen LogP contribution in [0.1, 0.15) is 0 Å². The highest BCUT2D eigenvalue weighted by atomic mass is 79.9. The van der Waals surface area contributed by atoms with E-state index in [0.29, 0.717) is 19.1 Å². The number of aromatic nitrogens is 2. The first-order chi connectivity index (χ1) is 5.83. The summed E-state index contributed by atoms with van der Waals surface area (Å²) < 4.78 is 7.99. The lowest BCUT2D eigenvalue weighted by molar-refractivity contribution is 0.138. The maximum atomic E-state index is 5.43. The summed E-state index contributed by atoms with van der Waals surface area (Å²) in [6.45, 7) is 2.02.